The van der Waals surface area contributed by atoms with E-state index in [1.54, 1.807) is 48.3 Å². The van der Waals surface area contributed by atoms with Crippen LogP contribution in [0.25, 0.3) is 0 Å². The van der Waals surface area contributed by atoms with Crippen LogP contribution in [0.4, 0.5) is 0 Å². The van der Waals surface area contributed by atoms with E-state index >= 15 is 0 Å². The number of aliphatic hydroxyl groups is 2. The third-order valence-electron chi connectivity index (χ3n) is 4.53. The number of hydrogen-bond donors (Lipinski definition) is 2. The summed E-state index contributed by atoms with van der Waals surface area (Å²) in [7, 11) is 0. The highest BCUT2D eigenvalue weighted by molar-refractivity contribution is 8.00. The lowest BCUT2D eigenvalue weighted by atomic mass is 9.86. The molecular formula is C18H24N4O2S2. The van der Waals surface area contributed by atoms with Crippen LogP contribution < -0.4 is 0 Å². The van der Waals surface area contributed by atoms with E-state index in [1.165, 1.54) is 0 Å². The zero-order valence-electron chi connectivity index (χ0n) is 14.5. The molecule has 2 saturated carbocycles. The van der Waals surface area contributed by atoms with Gasteiger partial charge in [-0.1, -0.05) is 23.5 Å². The standard InChI is InChI=1S/2C9H12N2OS/c2*12-6-7-4-8(5-7)13-9-10-2-1-3-11-9/h2*1-3,7-8,12H,4-6H2. The molecule has 2 aliphatic carbocycles. The van der Waals surface area contributed by atoms with Crippen LogP contribution in [0, 0.1) is 11.8 Å². The highest BCUT2D eigenvalue weighted by Crippen LogP contribution is 2.39. The summed E-state index contributed by atoms with van der Waals surface area (Å²) >= 11 is 3.43. The molecule has 0 atom stereocenters. The Labute approximate surface area is 162 Å². The van der Waals surface area contributed by atoms with Crippen LogP contribution in [0.3, 0.4) is 0 Å². The summed E-state index contributed by atoms with van der Waals surface area (Å²) in [6.07, 6.45) is 11.4. The summed E-state index contributed by atoms with van der Waals surface area (Å²) < 4.78 is 0. The third kappa shape index (κ3) is 5.90. The third-order valence-corrected chi connectivity index (χ3v) is 6.81. The average Bonchev–Trinajstić information content (AvgIpc) is 2.63. The fraction of sp³-hybridized carbons (Fsp3) is 0.556. The second kappa shape index (κ2) is 10.2. The van der Waals surface area contributed by atoms with E-state index in [4.69, 9.17) is 10.2 Å². The predicted molar refractivity (Wildman–Crippen MR) is 103 cm³/mol. The minimum absolute atomic E-state index is 0.326. The Hall–Kier alpha value is -1.22. The van der Waals surface area contributed by atoms with Crippen molar-refractivity contribution in [1.82, 2.24) is 19.9 Å². The molecule has 2 aliphatic rings. The van der Waals surface area contributed by atoms with Crippen molar-refractivity contribution in [2.75, 3.05) is 13.2 Å². The highest BCUT2D eigenvalue weighted by Gasteiger charge is 2.30. The van der Waals surface area contributed by atoms with Crippen LogP contribution in [0.15, 0.2) is 47.2 Å². The molecule has 0 aliphatic heterocycles. The molecule has 0 saturated heterocycles. The van der Waals surface area contributed by atoms with Crippen molar-refractivity contribution in [2.24, 2.45) is 11.8 Å². The van der Waals surface area contributed by atoms with Crippen LogP contribution in [0.1, 0.15) is 25.7 Å². The van der Waals surface area contributed by atoms with Gasteiger partial charge in [0.1, 0.15) is 0 Å². The number of aromatic nitrogens is 4. The zero-order valence-corrected chi connectivity index (χ0v) is 16.1. The topological polar surface area (TPSA) is 92.0 Å². The minimum atomic E-state index is 0.326. The van der Waals surface area contributed by atoms with Gasteiger partial charge in [0.15, 0.2) is 10.3 Å². The van der Waals surface area contributed by atoms with Crippen LogP contribution in [-0.4, -0.2) is 53.9 Å². The quantitative estimate of drug-likeness (QED) is 0.725. The van der Waals surface area contributed by atoms with Gasteiger partial charge in [-0.05, 0) is 49.7 Å². The molecule has 2 aromatic rings. The van der Waals surface area contributed by atoms with Gasteiger partial charge in [0.05, 0.1) is 0 Å². The molecule has 0 unspecified atom stereocenters. The van der Waals surface area contributed by atoms with Gasteiger partial charge in [0, 0.05) is 48.5 Å². The first-order chi connectivity index (χ1) is 12.8. The molecule has 26 heavy (non-hydrogen) atoms. The van der Waals surface area contributed by atoms with Crippen molar-refractivity contribution in [3.63, 3.8) is 0 Å². The molecule has 0 aromatic carbocycles. The fourth-order valence-corrected chi connectivity index (χ4v) is 5.39. The Kier molecular flexibility index (Phi) is 7.67. The molecule has 2 fully saturated rings. The van der Waals surface area contributed by atoms with Gasteiger partial charge in [-0.3, -0.25) is 0 Å². The van der Waals surface area contributed by atoms with Crippen LogP contribution in [0.5, 0.6) is 0 Å². The number of thioether (sulfide) groups is 2. The van der Waals surface area contributed by atoms with Gasteiger partial charge >= 0.3 is 0 Å². The summed E-state index contributed by atoms with van der Waals surface area (Å²) in [4.78, 5) is 16.6. The molecule has 2 N–H and O–H groups in total. The first-order valence-corrected chi connectivity index (χ1v) is 10.6. The van der Waals surface area contributed by atoms with Crippen LogP contribution >= 0.6 is 23.5 Å². The van der Waals surface area contributed by atoms with Gasteiger partial charge in [0.2, 0.25) is 0 Å². The first kappa shape index (κ1) is 19.5. The maximum Gasteiger partial charge on any atom is 0.187 e. The highest BCUT2D eigenvalue weighted by atomic mass is 32.2. The number of nitrogens with zero attached hydrogens (tertiary/aromatic N) is 4. The summed E-state index contributed by atoms with van der Waals surface area (Å²) in [6.45, 7) is 0.652. The van der Waals surface area contributed by atoms with E-state index in [0.717, 1.165) is 36.0 Å². The molecule has 0 amide bonds. The maximum atomic E-state index is 8.83. The second-order valence-electron chi connectivity index (χ2n) is 6.58. The molecule has 0 spiro atoms. The Morgan fingerprint density at radius 1 is 0.692 bits per heavy atom. The molecule has 0 bridgehead atoms. The van der Waals surface area contributed by atoms with E-state index in [9.17, 15) is 0 Å². The molecular weight excluding hydrogens is 368 g/mol. The number of rotatable bonds is 6. The monoisotopic (exact) mass is 392 g/mol. The zero-order chi connectivity index (χ0) is 18.2. The molecule has 2 aromatic heterocycles. The maximum absolute atomic E-state index is 8.83. The van der Waals surface area contributed by atoms with Crippen LogP contribution in [-0.2, 0) is 0 Å². The summed E-state index contributed by atoms with van der Waals surface area (Å²) in [5.41, 5.74) is 0. The summed E-state index contributed by atoms with van der Waals surface area (Å²) in [6, 6.07) is 3.64. The number of aliphatic hydroxyl groups excluding tert-OH is 2. The van der Waals surface area contributed by atoms with Crippen molar-refractivity contribution in [2.45, 2.75) is 46.5 Å². The SMILES string of the molecule is OCC1CC(Sc2ncccn2)C1.OCC1CC(Sc2ncccn2)C1. The van der Waals surface area contributed by atoms with Gasteiger partial charge in [-0.2, -0.15) is 0 Å². The molecule has 140 valence electrons. The lowest BCUT2D eigenvalue weighted by Crippen LogP contribution is -2.28. The second-order valence-corrected chi connectivity index (χ2v) is 9.12. The van der Waals surface area contributed by atoms with Crippen LogP contribution in [0.2, 0.25) is 0 Å². The Morgan fingerprint density at radius 2 is 1.04 bits per heavy atom. The molecule has 0 radical (unpaired) electrons. The van der Waals surface area contributed by atoms with Crippen molar-refractivity contribution in [3.05, 3.63) is 36.9 Å². The van der Waals surface area contributed by atoms with Crippen molar-refractivity contribution in [1.29, 1.82) is 0 Å². The summed E-state index contributed by atoms with van der Waals surface area (Å²) in [5.74, 6) is 1.03. The van der Waals surface area contributed by atoms with E-state index in [-0.39, 0.29) is 0 Å². The Balaban J connectivity index is 0.000000151. The van der Waals surface area contributed by atoms with E-state index in [1.807, 2.05) is 12.1 Å². The number of hydrogen-bond acceptors (Lipinski definition) is 8. The molecule has 2 heterocycles. The van der Waals surface area contributed by atoms with Gasteiger partial charge < -0.3 is 10.2 Å². The average molecular weight is 393 g/mol. The van der Waals surface area contributed by atoms with Crippen molar-refractivity contribution >= 4 is 23.5 Å². The van der Waals surface area contributed by atoms with E-state index in [2.05, 4.69) is 19.9 Å². The predicted octanol–water partition coefficient (Wildman–Crippen LogP) is 2.68. The molecule has 4 rings (SSSR count). The molecule has 6 nitrogen and oxygen atoms in total. The summed E-state index contributed by atoms with van der Waals surface area (Å²) in [5, 5.41) is 20.6. The minimum Gasteiger partial charge on any atom is -0.396 e. The lowest BCUT2D eigenvalue weighted by molar-refractivity contribution is 0.168. The van der Waals surface area contributed by atoms with Crippen molar-refractivity contribution in [3.8, 4) is 0 Å². The van der Waals surface area contributed by atoms with Gasteiger partial charge in [0.25, 0.3) is 0 Å². The fourth-order valence-electron chi connectivity index (χ4n) is 2.83. The first-order valence-electron chi connectivity index (χ1n) is 8.86. The largest absolute Gasteiger partial charge is 0.396 e. The van der Waals surface area contributed by atoms with Gasteiger partial charge in [-0.15, -0.1) is 0 Å². The lowest BCUT2D eigenvalue weighted by Gasteiger charge is -2.32. The van der Waals surface area contributed by atoms with E-state index in [0.29, 0.717) is 35.5 Å². The Morgan fingerprint density at radius 3 is 1.35 bits per heavy atom. The smallest absolute Gasteiger partial charge is 0.187 e. The van der Waals surface area contributed by atoms with Gasteiger partial charge in [-0.25, -0.2) is 19.9 Å². The van der Waals surface area contributed by atoms with E-state index < -0.39 is 0 Å². The Bertz CT molecular complexity index is 581. The molecule has 8 heteroatoms. The normalized spacial score (nSPS) is 26.8. The van der Waals surface area contributed by atoms with Crippen molar-refractivity contribution < 1.29 is 10.2 Å².